The number of rotatable bonds is 6. The summed E-state index contributed by atoms with van der Waals surface area (Å²) >= 11 is -4.50. The average molecular weight is 286 g/mol. The Morgan fingerprint density at radius 2 is 1.38 bits per heavy atom. The zero-order valence-electron chi connectivity index (χ0n) is 11.3. The standard InChI is InChI=1S/C6H15OSi.C4H9O.2H2O.Ti/c1-4-8(7,5-2)6-3;1-4(2,3)5;;;/h4-6H2,1-3H3;1-3H3;2*1H2;/q2*-1;;;+4/p-2. The molecule has 0 bridgehead atoms. The molecule has 0 rings (SSSR count). The zero-order valence-corrected chi connectivity index (χ0v) is 13.9. The van der Waals surface area contributed by atoms with Crippen LogP contribution in [0.25, 0.3) is 0 Å². The summed E-state index contributed by atoms with van der Waals surface area (Å²) in [6.07, 6.45) is 0. The van der Waals surface area contributed by atoms with Crippen molar-refractivity contribution in [2.75, 3.05) is 0 Å². The molecule has 6 heteroatoms. The molecular formula is C10H26O4SiTi. The van der Waals surface area contributed by atoms with Crippen molar-refractivity contribution in [2.45, 2.75) is 65.3 Å². The van der Waals surface area contributed by atoms with Crippen molar-refractivity contribution in [1.29, 1.82) is 0 Å². The molecule has 0 unspecified atom stereocenters. The molecule has 0 aliphatic heterocycles. The van der Waals surface area contributed by atoms with E-state index in [-0.39, 0.29) is 0 Å². The maximum absolute atomic E-state index is 9.91. The fourth-order valence-corrected chi connectivity index (χ4v) is 10.3. The zero-order chi connectivity index (χ0) is 13.0. The average Bonchev–Trinajstić information content (AvgIpc) is 2.10. The molecule has 4 nitrogen and oxygen atoms in total. The van der Waals surface area contributed by atoms with E-state index < -0.39 is 32.1 Å². The van der Waals surface area contributed by atoms with Crippen LogP contribution in [0.3, 0.4) is 0 Å². The molecule has 0 atom stereocenters. The predicted octanol–water partition coefficient (Wildman–Crippen LogP) is 2.62. The Morgan fingerprint density at radius 3 is 1.62 bits per heavy atom. The summed E-state index contributed by atoms with van der Waals surface area (Å²) in [5.41, 5.74) is -0.571. The first-order valence-electron chi connectivity index (χ1n) is 5.95. The van der Waals surface area contributed by atoms with E-state index in [2.05, 4.69) is 20.8 Å². The van der Waals surface area contributed by atoms with Crippen LogP contribution in [-0.2, 0) is 24.5 Å². The molecule has 0 spiro atoms. The number of hydrogen-bond acceptors (Lipinski definition) is 4. The Hall–Kier alpha value is 0.771. The van der Waals surface area contributed by atoms with Gasteiger partial charge in [0.1, 0.15) is 0 Å². The van der Waals surface area contributed by atoms with Gasteiger partial charge < -0.3 is 0 Å². The van der Waals surface area contributed by atoms with Crippen molar-refractivity contribution in [1.82, 2.24) is 0 Å². The molecular weight excluding hydrogens is 260 g/mol. The number of hydrogen-bond donors (Lipinski definition) is 2. The van der Waals surface area contributed by atoms with E-state index in [0.29, 0.717) is 0 Å². The summed E-state index contributed by atoms with van der Waals surface area (Å²) in [7, 11) is -1.99. The Labute approximate surface area is 105 Å². The molecule has 0 aliphatic rings. The van der Waals surface area contributed by atoms with Crippen LogP contribution in [0.1, 0.15) is 41.5 Å². The third-order valence-electron chi connectivity index (χ3n) is 2.72. The van der Waals surface area contributed by atoms with E-state index in [1.165, 1.54) is 0 Å². The molecule has 0 saturated heterocycles. The van der Waals surface area contributed by atoms with Gasteiger partial charge in [-0.2, -0.15) is 0 Å². The molecule has 2 N–H and O–H groups in total. The van der Waals surface area contributed by atoms with Crippen LogP contribution in [0.5, 0.6) is 0 Å². The normalized spacial score (nSPS) is 14.2. The van der Waals surface area contributed by atoms with Gasteiger partial charge in [-0.1, -0.05) is 0 Å². The summed E-state index contributed by atoms with van der Waals surface area (Å²) in [6, 6.07) is 2.67. The third kappa shape index (κ3) is 5.91. The van der Waals surface area contributed by atoms with Crippen molar-refractivity contribution >= 4 is 8.32 Å². The molecule has 0 aliphatic carbocycles. The van der Waals surface area contributed by atoms with Gasteiger partial charge in [0.2, 0.25) is 0 Å². The third-order valence-corrected chi connectivity index (χ3v) is 11.9. The van der Waals surface area contributed by atoms with Crippen LogP contribution < -0.4 is 0 Å². The van der Waals surface area contributed by atoms with Crippen LogP contribution in [-0.4, -0.2) is 21.3 Å². The van der Waals surface area contributed by atoms with Gasteiger partial charge in [-0.3, -0.25) is 0 Å². The molecule has 0 aromatic carbocycles. The van der Waals surface area contributed by atoms with Crippen LogP contribution in [0.15, 0.2) is 0 Å². The van der Waals surface area contributed by atoms with E-state index in [0.717, 1.165) is 18.1 Å². The summed E-state index contributed by atoms with van der Waals surface area (Å²) in [4.78, 5) is 0. The van der Waals surface area contributed by atoms with E-state index in [1.807, 2.05) is 0 Å². The van der Waals surface area contributed by atoms with Gasteiger partial charge in [-0.05, 0) is 0 Å². The van der Waals surface area contributed by atoms with Crippen LogP contribution in [0.4, 0.5) is 0 Å². The van der Waals surface area contributed by atoms with Crippen molar-refractivity contribution < 1.29 is 31.8 Å². The van der Waals surface area contributed by atoms with Crippen LogP contribution >= 0.6 is 0 Å². The Kier molecular flexibility index (Phi) is 6.38. The topological polar surface area (TPSA) is 58.9 Å². The van der Waals surface area contributed by atoms with E-state index in [1.54, 1.807) is 20.8 Å². The van der Waals surface area contributed by atoms with Crippen molar-refractivity contribution in [3.05, 3.63) is 0 Å². The van der Waals surface area contributed by atoms with Gasteiger partial charge in [0.15, 0.2) is 0 Å². The minimum atomic E-state index is -4.50. The molecule has 0 fully saturated rings. The van der Waals surface area contributed by atoms with E-state index >= 15 is 0 Å². The van der Waals surface area contributed by atoms with Crippen molar-refractivity contribution in [2.24, 2.45) is 0 Å². The van der Waals surface area contributed by atoms with Crippen LogP contribution in [0, 0.1) is 0 Å². The van der Waals surface area contributed by atoms with E-state index in [9.17, 15) is 7.38 Å². The fraction of sp³-hybridized carbons (Fsp3) is 1.00. The summed E-state index contributed by atoms with van der Waals surface area (Å²) in [5.74, 6) is 0. The first-order chi connectivity index (χ1) is 7.10. The summed E-state index contributed by atoms with van der Waals surface area (Å²) in [6.45, 7) is 11.6. The Bertz CT molecular complexity index is 203. The van der Waals surface area contributed by atoms with Crippen molar-refractivity contribution in [3.63, 3.8) is 0 Å². The summed E-state index contributed by atoms with van der Waals surface area (Å²) < 4.78 is 30.8. The molecule has 0 aromatic heterocycles. The first kappa shape index (κ1) is 16.8. The van der Waals surface area contributed by atoms with Crippen LogP contribution in [0.2, 0.25) is 18.1 Å². The Morgan fingerprint density at radius 1 is 1.00 bits per heavy atom. The molecule has 0 heterocycles. The van der Waals surface area contributed by atoms with Gasteiger partial charge in [0.05, 0.1) is 0 Å². The fourth-order valence-electron chi connectivity index (χ4n) is 1.67. The maximum atomic E-state index is 9.91. The molecule has 0 aromatic rings. The molecule has 0 saturated carbocycles. The molecule has 16 heavy (non-hydrogen) atoms. The van der Waals surface area contributed by atoms with E-state index in [4.69, 9.17) is 6.33 Å². The van der Waals surface area contributed by atoms with Gasteiger partial charge in [0, 0.05) is 0 Å². The monoisotopic (exact) mass is 286 g/mol. The quantitative estimate of drug-likeness (QED) is 0.737. The first-order valence-corrected chi connectivity index (χ1v) is 11.1. The molecule has 0 amide bonds. The second-order valence-electron chi connectivity index (χ2n) is 5.11. The second-order valence-corrected chi connectivity index (χ2v) is 12.8. The van der Waals surface area contributed by atoms with Gasteiger partial charge in [-0.15, -0.1) is 0 Å². The predicted molar refractivity (Wildman–Crippen MR) is 63.6 cm³/mol. The SMILES string of the molecule is CC[Si](CC)(CC)[O][Ti]([OH])([OH])[O]C(C)(C)C. The van der Waals surface area contributed by atoms with Crippen molar-refractivity contribution in [3.8, 4) is 0 Å². The van der Waals surface area contributed by atoms with Gasteiger partial charge >= 0.3 is 105 Å². The molecule has 98 valence electrons. The molecule has 0 radical (unpaired) electrons. The summed E-state index contributed by atoms with van der Waals surface area (Å²) in [5, 5.41) is 0. The van der Waals surface area contributed by atoms with Gasteiger partial charge in [-0.25, -0.2) is 0 Å². The Balaban J connectivity index is 4.66. The van der Waals surface area contributed by atoms with Gasteiger partial charge in [0.25, 0.3) is 0 Å². The second kappa shape index (κ2) is 6.09. The minimum absolute atomic E-state index is 0.571.